The third-order valence-electron chi connectivity index (χ3n) is 3.50. The minimum Gasteiger partial charge on any atom is -0.493 e. The van der Waals surface area contributed by atoms with Crippen LogP contribution in [0.25, 0.3) is 0 Å². The van der Waals surface area contributed by atoms with Crippen molar-refractivity contribution in [3.05, 3.63) is 30.3 Å². The minimum atomic E-state index is -3.27. The van der Waals surface area contributed by atoms with E-state index in [2.05, 4.69) is 5.32 Å². The first-order valence-electron chi connectivity index (χ1n) is 7.76. The summed E-state index contributed by atoms with van der Waals surface area (Å²) in [6, 6.07) is 9.20. The Morgan fingerprint density at radius 1 is 1.30 bits per heavy atom. The highest BCUT2D eigenvalue weighted by Crippen LogP contribution is 2.09. The molecule has 0 spiro atoms. The molecule has 1 N–H and O–H groups in total. The monoisotopic (exact) mass is 342 g/mol. The number of hydrogen-bond acceptors (Lipinski definition) is 4. The molecule has 0 saturated carbocycles. The summed E-state index contributed by atoms with van der Waals surface area (Å²) in [4.78, 5) is 11.7. The molecule has 7 heteroatoms. The lowest BCUT2D eigenvalue weighted by Crippen LogP contribution is -2.42. The molecule has 1 rings (SSSR count). The molecular weight excluding hydrogens is 316 g/mol. The predicted molar refractivity (Wildman–Crippen MR) is 90.9 cm³/mol. The Balaban J connectivity index is 2.29. The lowest BCUT2D eigenvalue weighted by molar-refractivity contribution is -0.121. The number of carbonyl (C=O) groups is 1. The second kappa shape index (κ2) is 9.52. The molecule has 1 unspecified atom stereocenters. The Morgan fingerprint density at radius 2 is 1.96 bits per heavy atom. The second-order valence-corrected chi connectivity index (χ2v) is 7.33. The van der Waals surface area contributed by atoms with E-state index in [0.29, 0.717) is 6.54 Å². The first-order chi connectivity index (χ1) is 10.8. The van der Waals surface area contributed by atoms with Gasteiger partial charge in [0.25, 0.3) is 0 Å². The van der Waals surface area contributed by atoms with Crippen molar-refractivity contribution in [3.63, 3.8) is 0 Å². The first-order valence-corrected chi connectivity index (χ1v) is 9.60. The number of sulfonamides is 1. The number of benzene rings is 1. The van der Waals surface area contributed by atoms with Crippen molar-refractivity contribution in [1.82, 2.24) is 9.62 Å². The van der Waals surface area contributed by atoms with Gasteiger partial charge in [-0.05, 0) is 25.5 Å². The fourth-order valence-electron chi connectivity index (χ4n) is 2.09. The zero-order valence-corrected chi connectivity index (χ0v) is 14.8. The van der Waals surface area contributed by atoms with Crippen LogP contribution in [0.5, 0.6) is 5.75 Å². The lowest BCUT2D eigenvalue weighted by Gasteiger charge is -2.25. The largest absolute Gasteiger partial charge is 0.493 e. The molecule has 0 bridgehead atoms. The Kier molecular flexibility index (Phi) is 8.05. The SMILES string of the molecule is CCC(C)N(CCNC(=O)CCOc1ccccc1)S(C)(=O)=O. The van der Waals surface area contributed by atoms with E-state index in [0.717, 1.165) is 12.2 Å². The van der Waals surface area contributed by atoms with Crippen LogP contribution in [0, 0.1) is 0 Å². The van der Waals surface area contributed by atoms with Gasteiger partial charge in [0.1, 0.15) is 5.75 Å². The Hall–Kier alpha value is -1.60. The summed E-state index contributed by atoms with van der Waals surface area (Å²) in [7, 11) is -3.27. The molecule has 0 fully saturated rings. The number of amides is 1. The molecule has 1 aromatic carbocycles. The molecule has 0 aliphatic rings. The van der Waals surface area contributed by atoms with Crippen LogP contribution in [-0.2, 0) is 14.8 Å². The number of nitrogens with zero attached hydrogens (tertiary/aromatic N) is 1. The Morgan fingerprint density at radius 3 is 2.52 bits per heavy atom. The molecule has 0 aliphatic carbocycles. The average Bonchev–Trinajstić information content (AvgIpc) is 2.50. The van der Waals surface area contributed by atoms with E-state index in [1.807, 2.05) is 44.2 Å². The molecule has 130 valence electrons. The van der Waals surface area contributed by atoms with Gasteiger partial charge in [-0.3, -0.25) is 4.79 Å². The van der Waals surface area contributed by atoms with Crippen LogP contribution in [0.2, 0.25) is 0 Å². The molecule has 23 heavy (non-hydrogen) atoms. The second-order valence-electron chi connectivity index (χ2n) is 5.39. The number of nitrogens with one attached hydrogen (secondary N) is 1. The summed E-state index contributed by atoms with van der Waals surface area (Å²) in [5.74, 6) is 0.568. The molecule has 6 nitrogen and oxygen atoms in total. The highest BCUT2D eigenvalue weighted by Gasteiger charge is 2.21. The van der Waals surface area contributed by atoms with Crippen LogP contribution in [0.1, 0.15) is 26.7 Å². The third-order valence-corrected chi connectivity index (χ3v) is 4.90. The maximum Gasteiger partial charge on any atom is 0.223 e. The van der Waals surface area contributed by atoms with Gasteiger partial charge in [-0.15, -0.1) is 0 Å². The first kappa shape index (κ1) is 19.4. The van der Waals surface area contributed by atoms with E-state index >= 15 is 0 Å². The molecule has 0 heterocycles. The summed E-state index contributed by atoms with van der Waals surface area (Å²) >= 11 is 0. The van der Waals surface area contributed by atoms with Crippen molar-refractivity contribution in [2.45, 2.75) is 32.7 Å². The molecule has 1 amide bonds. The maximum absolute atomic E-state index is 11.7. The predicted octanol–water partition coefficient (Wildman–Crippen LogP) is 1.63. The Bertz CT molecular complexity index is 575. The van der Waals surface area contributed by atoms with Gasteiger partial charge < -0.3 is 10.1 Å². The number of para-hydroxylation sites is 1. The molecule has 1 aromatic rings. The third kappa shape index (κ3) is 7.47. The highest BCUT2D eigenvalue weighted by atomic mass is 32.2. The van der Waals surface area contributed by atoms with E-state index in [1.165, 1.54) is 10.6 Å². The minimum absolute atomic E-state index is 0.0803. The van der Waals surface area contributed by atoms with E-state index in [1.54, 1.807) is 0 Å². The highest BCUT2D eigenvalue weighted by molar-refractivity contribution is 7.88. The number of carbonyl (C=O) groups excluding carboxylic acids is 1. The van der Waals surface area contributed by atoms with Crippen LogP contribution in [0.15, 0.2) is 30.3 Å². The van der Waals surface area contributed by atoms with E-state index in [4.69, 9.17) is 4.74 Å². The molecule has 1 atom stereocenters. The molecular formula is C16H26N2O4S. The van der Waals surface area contributed by atoms with E-state index in [-0.39, 0.29) is 31.5 Å². The van der Waals surface area contributed by atoms with Gasteiger partial charge >= 0.3 is 0 Å². The van der Waals surface area contributed by atoms with Crippen LogP contribution in [0.3, 0.4) is 0 Å². The van der Waals surface area contributed by atoms with Gasteiger partial charge in [0.2, 0.25) is 15.9 Å². The van der Waals surface area contributed by atoms with Crippen molar-refractivity contribution < 1.29 is 17.9 Å². The van der Waals surface area contributed by atoms with Gasteiger partial charge in [0.05, 0.1) is 19.3 Å². The fraction of sp³-hybridized carbons (Fsp3) is 0.562. The number of ether oxygens (including phenoxy) is 1. The zero-order valence-electron chi connectivity index (χ0n) is 14.0. The van der Waals surface area contributed by atoms with Gasteiger partial charge in [-0.1, -0.05) is 25.1 Å². The summed E-state index contributed by atoms with van der Waals surface area (Å²) in [5.41, 5.74) is 0. The van der Waals surface area contributed by atoms with Crippen molar-refractivity contribution >= 4 is 15.9 Å². The maximum atomic E-state index is 11.7. The number of hydrogen-bond donors (Lipinski definition) is 1. The molecule has 0 radical (unpaired) electrons. The normalized spacial score (nSPS) is 12.9. The van der Waals surface area contributed by atoms with Crippen molar-refractivity contribution in [1.29, 1.82) is 0 Å². The van der Waals surface area contributed by atoms with Crippen LogP contribution in [-0.4, -0.2) is 50.6 Å². The van der Waals surface area contributed by atoms with Crippen LogP contribution >= 0.6 is 0 Å². The summed E-state index contributed by atoms with van der Waals surface area (Å²) in [5, 5.41) is 2.73. The molecule has 0 aromatic heterocycles. The van der Waals surface area contributed by atoms with Gasteiger partial charge in [-0.25, -0.2) is 8.42 Å². The lowest BCUT2D eigenvalue weighted by atomic mass is 10.2. The van der Waals surface area contributed by atoms with Gasteiger partial charge in [0, 0.05) is 19.1 Å². The fourth-order valence-corrected chi connectivity index (χ4v) is 3.31. The quantitative estimate of drug-likeness (QED) is 0.701. The van der Waals surface area contributed by atoms with Gasteiger partial charge in [0.15, 0.2) is 0 Å². The van der Waals surface area contributed by atoms with Crippen molar-refractivity contribution in [2.24, 2.45) is 0 Å². The van der Waals surface area contributed by atoms with Crippen LogP contribution in [0.4, 0.5) is 0 Å². The van der Waals surface area contributed by atoms with E-state index < -0.39 is 10.0 Å². The summed E-state index contributed by atoms with van der Waals surface area (Å²) < 4.78 is 30.3. The Labute approximate surface area is 138 Å². The van der Waals surface area contributed by atoms with Crippen molar-refractivity contribution in [3.8, 4) is 5.75 Å². The summed E-state index contributed by atoms with van der Waals surface area (Å²) in [6.07, 6.45) is 2.15. The topological polar surface area (TPSA) is 75.7 Å². The van der Waals surface area contributed by atoms with Crippen LogP contribution < -0.4 is 10.1 Å². The number of rotatable bonds is 10. The molecule has 0 aliphatic heterocycles. The smallest absolute Gasteiger partial charge is 0.223 e. The zero-order chi connectivity index (χ0) is 17.3. The van der Waals surface area contributed by atoms with Crippen molar-refractivity contribution in [2.75, 3.05) is 26.0 Å². The van der Waals surface area contributed by atoms with E-state index in [9.17, 15) is 13.2 Å². The summed E-state index contributed by atoms with van der Waals surface area (Å²) in [6.45, 7) is 4.65. The molecule has 0 saturated heterocycles. The standard InChI is InChI=1S/C16H26N2O4S/c1-4-14(2)18(23(3,20)21)12-11-17-16(19)10-13-22-15-8-6-5-7-9-15/h5-9,14H,4,10-13H2,1-3H3,(H,17,19). The van der Waals surface area contributed by atoms with Gasteiger partial charge in [-0.2, -0.15) is 4.31 Å². The average molecular weight is 342 g/mol.